The first kappa shape index (κ1) is 15.7. The highest BCUT2D eigenvalue weighted by molar-refractivity contribution is 8.00. The largest absolute Gasteiger partial charge is 0.352 e. The third kappa shape index (κ3) is 4.19. The van der Waals surface area contributed by atoms with Gasteiger partial charge in [0.1, 0.15) is 11.4 Å². The van der Waals surface area contributed by atoms with Crippen molar-refractivity contribution in [3.63, 3.8) is 0 Å². The van der Waals surface area contributed by atoms with E-state index in [1.165, 1.54) is 23.0 Å². The number of hydrogen-bond acceptors (Lipinski definition) is 5. The molecule has 0 aliphatic heterocycles. The summed E-state index contributed by atoms with van der Waals surface area (Å²) in [6.07, 6.45) is 3.59. The molecule has 23 heavy (non-hydrogen) atoms. The molecule has 0 unspecified atom stereocenters. The monoisotopic (exact) mass is 330 g/mol. The number of likely N-dealkylation sites (N-methyl/N-ethyl adjacent to an activating group) is 1. The van der Waals surface area contributed by atoms with Crippen molar-refractivity contribution in [2.24, 2.45) is 0 Å². The smallest absolute Gasteiger partial charge is 0.239 e. The van der Waals surface area contributed by atoms with Crippen molar-refractivity contribution in [1.29, 1.82) is 0 Å². The van der Waals surface area contributed by atoms with E-state index in [1.54, 1.807) is 7.05 Å². The van der Waals surface area contributed by atoms with Gasteiger partial charge in [-0.15, -0.1) is 0 Å². The van der Waals surface area contributed by atoms with Gasteiger partial charge in [0, 0.05) is 18.5 Å². The molecule has 0 saturated heterocycles. The second-order valence-electron chi connectivity index (χ2n) is 5.58. The molecular weight excluding hydrogens is 312 g/mol. The number of nitrogens with one attached hydrogen (secondary N) is 1. The Morgan fingerprint density at radius 2 is 2.09 bits per heavy atom. The maximum atomic E-state index is 12.2. The highest BCUT2D eigenvalue weighted by Crippen LogP contribution is 2.24. The van der Waals surface area contributed by atoms with E-state index in [4.69, 9.17) is 0 Å². The molecule has 0 bridgehead atoms. The molecule has 1 aliphatic rings. The van der Waals surface area contributed by atoms with Gasteiger partial charge in [0.15, 0.2) is 0 Å². The first-order chi connectivity index (χ1) is 11.1. The molecule has 1 aliphatic carbocycles. The summed E-state index contributed by atoms with van der Waals surface area (Å²) in [6, 6.07) is 8.01. The summed E-state index contributed by atoms with van der Waals surface area (Å²) < 4.78 is 0. The van der Waals surface area contributed by atoms with Crippen LogP contribution in [0.3, 0.4) is 0 Å². The number of nitrogens with zero attached hydrogens (tertiary/aromatic N) is 3. The van der Waals surface area contributed by atoms with Crippen LogP contribution in [-0.2, 0) is 9.59 Å². The number of thioether (sulfide) groups is 1. The van der Waals surface area contributed by atoms with Gasteiger partial charge in [-0.1, -0.05) is 30.0 Å². The second kappa shape index (κ2) is 6.95. The maximum Gasteiger partial charge on any atom is 0.239 e. The van der Waals surface area contributed by atoms with Crippen LogP contribution in [0, 0.1) is 0 Å². The zero-order chi connectivity index (χ0) is 16.2. The van der Waals surface area contributed by atoms with Crippen molar-refractivity contribution < 1.29 is 9.59 Å². The fourth-order valence-corrected chi connectivity index (χ4v) is 3.07. The summed E-state index contributed by atoms with van der Waals surface area (Å²) in [5.74, 6) is 0.0540. The van der Waals surface area contributed by atoms with Crippen LogP contribution in [-0.4, -0.2) is 52.1 Å². The van der Waals surface area contributed by atoms with Gasteiger partial charge in [0.25, 0.3) is 0 Å². The topological polar surface area (TPSA) is 75.2 Å². The van der Waals surface area contributed by atoms with Crippen LogP contribution in [0.2, 0.25) is 0 Å². The van der Waals surface area contributed by atoms with Crippen molar-refractivity contribution in [1.82, 2.24) is 20.2 Å². The summed E-state index contributed by atoms with van der Waals surface area (Å²) in [7, 11) is 1.65. The zero-order valence-electron chi connectivity index (χ0n) is 12.9. The highest BCUT2D eigenvalue weighted by atomic mass is 32.2. The Bertz CT molecular complexity index is 728. The first-order valence-corrected chi connectivity index (χ1v) is 8.48. The summed E-state index contributed by atoms with van der Waals surface area (Å²) in [4.78, 5) is 33.8. The van der Waals surface area contributed by atoms with Crippen LogP contribution in [0.1, 0.15) is 12.8 Å². The van der Waals surface area contributed by atoms with E-state index in [0.717, 1.165) is 28.8 Å². The molecule has 1 aromatic carbocycles. The van der Waals surface area contributed by atoms with E-state index in [0.29, 0.717) is 6.04 Å². The summed E-state index contributed by atoms with van der Waals surface area (Å²) in [6.45, 7) is 0.0976. The molecule has 1 aromatic heterocycles. The van der Waals surface area contributed by atoms with E-state index in [-0.39, 0.29) is 24.1 Å². The van der Waals surface area contributed by atoms with Crippen LogP contribution in [0.15, 0.2) is 35.6 Å². The Balaban J connectivity index is 1.56. The number of benzene rings is 1. The van der Waals surface area contributed by atoms with E-state index >= 15 is 0 Å². The lowest BCUT2D eigenvalue weighted by Crippen LogP contribution is -2.39. The Hall–Kier alpha value is -2.15. The molecule has 3 rings (SSSR count). The number of hydrogen-bond donors (Lipinski definition) is 1. The molecule has 1 fully saturated rings. The number of rotatable bonds is 6. The van der Waals surface area contributed by atoms with Gasteiger partial charge in [-0.2, -0.15) is 0 Å². The molecule has 6 nitrogen and oxygen atoms in total. The normalized spacial score (nSPS) is 13.8. The number of carbonyl (C=O) groups is 2. The van der Waals surface area contributed by atoms with Gasteiger partial charge in [-0.3, -0.25) is 9.59 Å². The van der Waals surface area contributed by atoms with Crippen LogP contribution < -0.4 is 5.32 Å². The molecule has 7 heteroatoms. The van der Waals surface area contributed by atoms with Crippen molar-refractivity contribution in [3.05, 3.63) is 30.6 Å². The van der Waals surface area contributed by atoms with Gasteiger partial charge in [0.05, 0.1) is 17.8 Å². The lowest BCUT2D eigenvalue weighted by molar-refractivity contribution is -0.132. The molecule has 1 heterocycles. The molecule has 0 atom stereocenters. The van der Waals surface area contributed by atoms with Gasteiger partial charge in [0.2, 0.25) is 11.8 Å². The highest BCUT2D eigenvalue weighted by Gasteiger charge is 2.24. The third-order valence-corrected chi connectivity index (χ3v) is 4.58. The Morgan fingerprint density at radius 3 is 2.87 bits per heavy atom. The fraction of sp³-hybridized carbons (Fsp3) is 0.375. The standard InChI is InChI=1S/C16H18N4O2S/c1-20(8-14(21)19-11-6-7-11)15(22)9-23-16-12-4-2-3-5-13(12)17-10-18-16/h2-5,10-11H,6-9H2,1H3,(H,19,21). The van der Waals surface area contributed by atoms with Crippen molar-refractivity contribution in [2.45, 2.75) is 23.9 Å². The van der Waals surface area contributed by atoms with Crippen LogP contribution >= 0.6 is 11.8 Å². The lowest BCUT2D eigenvalue weighted by Gasteiger charge is -2.16. The van der Waals surface area contributed by atoms with Crippen LogP contribution in [0.5, 0.6) is 0 Å². The third-order valence-electron chi connectivity index (χ3n) is 3.59. The molecule has 120 valence electrons. The Morgan fingerprint density at radius 1 is 1.30 bits per heavy atom. The van der Waals surface area contributed by atoms with Crippen LogP contribution in [0.4, 0.5) is 0 Å². The van der Waals surface area contributed by atoms with E-state index in [1.807, 2.05) is 24.3 Å². The minimum atomic E-state index is -0.0964. The van der Waals surface area contributed by atoms with Crippen molar-refractivity contribution in [2.75, 3.05) is 19.3 Å². The Kier molecular flexibility index (Phi) is 4.76. The number of para-hydroxylation sites is 1. The van der Waals surface area contributed by atoms with Gasteiger partial charge >= 0.3 is 0 Å². The van der Waals surface area contributed by atoms with Crippen LogP contribution in [0.25, 0.3) is 10.9 Å². The van der Waals surface area contributed by atoms with Crippen molar-refractivity contribution >= 4 is 34.5 Å². The van der Waals surface area contributed by atoms with Crippen molar-refractivity contribution in [3.8, 4) is 0 Å². The zero-order valence-corrected chi connectivity index (χ0v) is 13.7. The molecule has 0 spiro atoms. The average molecular weight is 330 g/mol. The fourth-order valence-electron chi connectivity index (χ4n) is 2.14. The lowest BCUT2D eigenvalue weighted by atomic mass is 10.2. The summed E-state index contributed by atoms with van der Waals surface area (Å²) in [5.41, 5.74) is 0.856. The molecule has 0 radical (unpaired) electrons. The Labute approximate surface area is 138 Å². The summed E-state index contributed by atoms with van der Waals surface area (Å²) >= 11 is 1.37. The van der Waals surface area contributed by atoms with E-state index in [9.17, 15) is 9.59 Å². The molecule has 1 N–H and O–H groups in total. The molecule has 2 amide bonds. The molecular formula is C16H18N4O2S. The van der Waals surface area contributed by atoms with E-state index < -0.39 is 0 Å². The van der Waals surface area contributed by atoms with E-state index in [2.05, 4.69) is 15.3 Å². The number of aromatic nitrogens is 2. The molecule has 2 aromatic rings. The number of fused-ring (bicyclic) bond motifs is 1. The maximum absolute atomic E-state index is 12.2. The van der Waals surface area contributed by atoms with Gasteiger partial charge in [-0.25, -0.2) is 9.97 Å². The second-order valence-corrected chi connectivity index (χ2v) is 6.54. The minimum absolute atomic E-state index is 0.0939. The SMILES string of the molecule is CN(CC(=O)NC1CC1)C(=O)CSc1ncnc2ccccc12. The average Bonchev–Trinajstić information content (AvgIpc) is 3.36. The first-order valence-electron chi connectivity index (χ1n) is 7.49. The predicted molar refractivity (Wildman–Crippen MR) is 89.1 cm³/mol. The summed E-state index contributed by atoms with van der Waals surface area (Å²) in [5, 5.41) is 4.59. The number of amides is 2. The predicted octanol–water partition coefficient (Wildman–Crippen LogP) is 1.46. The quantitative estimate of drug-likeness (QED) is 0.641. The minimum Gasteiger partial charge on any atom is -0.352 e. The number of carbonyl (C=O) groups excluding carboxylic acids is 2. The van der Waals surface area contributed by atoms with Gasteiger partial charge < -0.3 is 10.2 Å². The molecule has 1 saturated carbocycles. The van der Waals surface area contributed by atoms with Gasteiger partial charge in [-0.05, 0) is 18.9 Å².